The number of halogens is 4. The maximum atomic E-state index is 11.9. The zero-order valence-corrected chi connectivity index (χ0v) is 9.46. The van der Waals surface area contributed by atoms with Gasteiger partial charge in [0.2, 0.25) is 0 Å². The first-order chi connectivity index (χ1) is 6.42. The van der Waals surface area contributed by atoms with E-state index in [0.717, 1.165) is 4.47 Å². The number of ether oxygens (including phenoxy) is 1. The SMILES string of the molecule is CSc1cc(Br)ccc1OC(F)(F)F. The molecule has 6 heteroatoms. The van der Waals surface area contributed by atoms with E-state index in [-0.39, 0.29) is 5.75 Å². The highest BCUT2D eigenvalue weighted by atomic mass is 79.9. The third-order valence-corrected chi connectivity index (χ3v) is 2.60. The molecule has 14 heavy (non-hydrogen) atoms. The fraction of sp³-hybridized carbons (Fsp3) is 0.250. The van der Waals surface area contributed by atoms with Gasteiger partial charge in [0.25, 0.3) is 0 Å². The number of thioether (sulfide) groups is 1. The van der Waals surface area contributed by atoms with Crippen molar-refractivity contribution in [3.63, 3.8) is 0 Å². The molecule has 0 N–H and O–H groups in total. The number of alkyl halides is 3. The highest BCUT2D eigenvalue weighted by Gasteiger charge is 2.32. The molecule has 0 radical (unpaired) electrons. The minimum Gasteiger partial charge on any atom is -0.405 e. The van der Waals surface area contributed by atoms with E-state index in [0.29, 0.717) is 4.90 Å². The summed E-state index contributed by atoms with van der Waals surface area (Å²) in [6.45, 7) is 0. The van der Waals surface area contributed by atoms with Crippen LogP contribution >= 0.6 is 27.7 Å². The van der Waals surface area contributed by atoms with Crippen molar-refractivity contribution in [3.8, 4) is 5.75 Å². The summed E-state index contributed by atoms with van der Waals surface area (Å²) in [7, 11) is 0. The maximum Gasteiger partial charge on any atom is 0.573 e. The Labute approximate surface area is 91.8 Å². The first kappa shape index (κ1) is 11.7. The molecule has 0 aliphatic rings. The van der Waals surface area contributed by atoms with Crippen molar-refractivity contribution in [2.75, 3.05) is 6.26 Å². The Morgan fingerprint density at radius 1 is 1.36 bits per heavy atom. The zero-order chi connectivity index (χ0) is 10.8. The van der Waals surface area contributed by atoms with Gasteiger partial charge in [-0.25, -0.2) is 0 Å². The second-order valence-electron chi connectivity index (χ2n) is 2.34. The van der Waals surface area contributed by atoms with Crippen molar-refractivity contribution in [1.29, 1.82) is 0 Å². The molecule has 0 aliphatic carbocycles. The molecule has 0 atom stereocenters. The summed E-state index contributed by atoms with van der Waals surface area (Å²) in [5.74, 6) is -0.173. The lowest BCUT2D eigenvalue weighted by Gasteiger charge is -2.11. The van der Waals surface area contributed by atoms with Gasteiger partial charge in [0, 0.05) is 4.47 Å². The first-order valence-electron chi connectivity index (χ1n) is 3.51. The van der Waals surface area contributed by atoms with Crippen LogP contribution in [-0.2, 0) is 0 Å². The first-order valence-corrected chi connectivity index (χ1v) is 5.53. The van der Waals surface area contributed by atoms with E-state index in [2.05, 4.69) is 20.7 Å². The molecule has 0 unspecified atom stereocenters. The van der Waals surface area contributed by atoms with Crippen LogP contribution < -0.4 is 4.74 Å². The van der Waals surface area contributed by atoms with Gasteiger partial charge in [-0.15, -0.1) is 24.9 Å². The van der Waals surface area contributed by atoms with Crippen molar-refractivity contribution >= 4 is 27.7 Å². The Hall–Kier alpha value is -0.360. The summed E-state index contributed by atoms with van der Waals surface area (Å²) in [4.78, 5) is 0.441. The smallest absolute Gasteiger partial charge is 0.405 e. The van der Waals surface area contributed by atoms with Gasteiger partial charge in [0.15, 0.2) is 0 Å². The van der Waals surface area contributed by atoms with Gasteiger partial charge in [-0.2, -0.15) is 0 Å². The minimum atomic E-state index is -4.64. The van der Waals surface area contributed by atoms with Gasteiger partial charge < -0.3 is 4.74 Å². The van der Waals surface area contributed by atoms with E-state index in [1.54, 1.807) is 12.3 Å². The average molecular weight is 287 g/mol. The summed E-state index contributed by atoms with van der Waals surface area (Å²) >= 11 is 4.36. The van der Waals surface area contributed by atoms with Crippen LogP contribution in [0.1, 0.15) is 0 Å². The molecule has 1 rings (SSSR count). The van der Waals surface area contributed by atoms with E-state index in [1.165, 1.54) is 23.9 Å². The Morgan fingerprint density at radius 3 is 2.50 bits per heavy atom. The number of hydrogen-bond donors (Lipinski definition) is 0. The van der Waals surface area contributed by atoms with E-state index < -0.39 is 6.36 Å². The maximum absolute atomic E-state index is 11.9. The van der Waals surface area contributed by atoms with Crippen LogP contribution in [0.2, 0.25) is 0 Å². The monoisotopic (exact) mass is 286 g/mol. The van der Waals surface area contributed by atoms with Crippen molar-refractivity contribution in [3.05, 3.63) is 22.7 Å². The molecule has 0 bridgehead atoms. The molecular weight excluding hydrogens is 281 g/mol. The minimum absolute atomic E-state index is 0.173. The molecule has 0 heterocycles. The summed E-state index contributed by atoms with van der Waals surface area (Å²) in [5, 5.41) is 0. The van der Waals surface area contributed by atoms with Gasteiger partial charge >= 0.3 is 6.36 Å². The van der Waals surface area contributed by atoms with Crippen molar-refractivity contribution in [1.82, 2.24) is 0 Å². The van der Waals surface area contributed by atoms with Crippen molar-refractivity contribution < 1.29 is 17.9 Å². The van der Waals surface area contributed by atoms with Crippen LogP contribution in [0.5, 0.6) is 5.75 Å². The molecule has 1 aromatic carbocycles. The predicted octanol–water partition coefficient (Wildman–Crippen LogP) is 4.07. The Morgan fingerprint density at radius 2 is 2.00 bits per heavy atom. The Kier molecular flexibility index (Phi) is 3.71. The van der Waals surface area contributed by atoms with Crippen LogP contribution in [0, 0.1) is 0 Å². The molecule has 0 saturated heterocycles. The van der Waals surface area contributed by atoms with Crippen LogP contribution in [0.25, 0.3) is 0 Å². The van der Waals surface area contributed by atoms with E-state index >= 15 is 0 Å². The molecule has 0 saturated carbocycles. The Bertz CT molecular complexity index is 327. The molecule has 0 fully saturated rings. The van der Waals surface area contributed by atoms with E-state index in [4.69, 9.17) is 0 Å². The number of benzene rings is 1. The van der Waals surface area contributed by atoms with Crippen LogP contribution in [0.3, 0.4) is 0 Å². The molecule has 0 aromatic heterocycles. The lowest BCUT2D eigenvalue weighted by molar-refractivity contribution is -0.275. The van der Waals surface area contributed by atoms with Crippen molar-refractivity contribution in [2.24, 2.45) is 0 Å². The van der Waals surface area contributed by atoms with E-state index in [1.807, 2.05) is 0 Å². The summed E-state index contributed by atoms with van der Waals surface area (Å²) in [6, 6.07) is 4.36. The van der Waals surface area contributed by atoms with Crippen LogP contribution in [0.15, 0.2) is 27.6 Å². The van der Waals surface area contributed by atoms with Gasteiger partial charge in [-0.1, -0.05) is 15.9 Å². The summed E-state index contributed by atoms with van der Waals surface area (Å²) in [6.07, 6.45) is -2.96. The highest BCUT2D eigenvalue weighted by Crippen LogP contribution is 2.33. The fourth-order valence-electron chi connectivity index (χ4n) is 0.850. The highest BCUT2D eigenvalue weighted by molar-refractivity contribution is 9.10. The topological polar surface area (TPSA) is 9.23 Å². The third kappa shape index (κ3) is 3.42. The third-order valence-electron chi connectivity index (χ3n) is 1.35. The second kappa shape index (κ2) is 4.44. The van der Waals surface area contributed by atoms with E-state index in [9.17, 15) is 13.2 Å². The molecule has 0 aliphatic heterocycles. The second-order valence-corrected chi connectivity index (χ2v) is 4.11. The van der Waals surface area contributed by atoms with Gasteiger partial charge in [-0.05, 0) is 24.5 Å². The normalized spacial score (nSPS) is 11.5. The zero-order valence-electron chi connectivity index (χ0n) is 7.06. The molecular formula is C8H6BrF3OS. The quantitative estimate of drug-likeness (QED) is 0.758. The molecule has 0 spiro atoms. The lowest BCUT2D eigenvalue weighted by atomic mass is 10.3. The van der Waals surface area contributed by atoms with Crippen molar-refractivity contribution in [2.45, 2.75) is 11.3 Å². The molecule has 1 nitrogen and oxygen atoms in total. The van der Waals surface area contributed by atoms with Gasteiger partial charge in [0.05, 0.1) is 4.90 Å². The average Bonchev–Trinajstić information content (AvgIpc) is 2.06. The molecule has 78 valence electrons. The molecule has 1 aromatic rings. The summed E-state index contributed by atoms with van der Waals surface area (Å²) in [5.41, 5.74) is 0. The summed E-state index contributed by atoms with van der Waals surface area (Å²) < 4.78 is 40.3. The van der Waals surface area contributed by atoms with Crippen LogP contribution in [0.4, 0.5) is 13.2 Å². The van der Waals surface area contributed by atoms with Gasteiger partial charge in [-0.3, -0.25) is 0 Å². The number of rotatable bonds is 2. The number of hydrogen-bond acceptors (Lipinski definition) is 2. The van der Waals surface area contributed by atoms with Crippen LogP contribution in [-0.4, -0.2) is 12.6 Å². The predicted molar refractivity (Wildman–Crippen MR) is 52.6 cm³/mol. The molecule has 0 amide bonds. The fourth-order valence-corrected chi connectivity index (χ4v) is 1.92. The lowest BCUT2D eigenvalue weighted by Crippen LogP contribution is -2.17. The Balaban J connectivity index is 2.97. The van der Waals surface area contributed by atoms with Gasteiger partial charge in [0.1, 0.15) is 5.75 Å². The largest absolute Gasteiger partial charge is 0.573 e. The standard InChI is InChI=1S/C8H6BrF3OS/c1-14-7-4-5(9)2-3-6(7)13-8(10,11)12/h2-4H,1H3.